The van der Waals surface area contributed by atoms with E-state index in [2.05, 4.69) is 10.6 Å². The Morgan fingerprint density at radius 3 is 2.03 bits per heavy atom. The summed E-state index contributed by atoms with van der Waals surface area (Å²) in [5, 5.41) is 5.41. The van der Waals surface area contributed by atoms with Crippen molar-refractivity contribution in [2.75, 3.05) is 17.2 Å². The topological polar surface area (TPSA) is 93.7 Å². The number of carbonyl (C=O) groups is 3. The summed E-state index contributed by atoms with van der Waals surface area (Å²) in [6.45, 7) is 7.39. The number of rotatable bonds is 6. The molecule has 0 heterocycles. The van der Waals surface area contributed by atoms with Crippen LogP contribution in [-0.2, 0) is 20.7 Å². The third kappa shape index (κ3) is 7.29. The van der Waals surface area contributed by atoms with E-state index in [9.17, 15) is 14.4 Å². The van der Waals surface area contributed by atoms with Crippen LogP contribution in [0.3, 0.4) is 0 Å². The van der Waals surface area contributed by atoms with Gasteiger partial charge in [0.25, 0.3) is 5.91 Å². The summed E-state index contributed by atoms with van der Waals surface area (Å²) >= 11 is 0. The van der Waals surface area contributed by atoms with Gasteiger partial charge < -0.3 is 14.8 Å². The molecular weight excluding hydrogens is 372 g/mol. The van der Waals surface area contributed by atoms with Crippen molar-refractivity contribution in [2.24, 2.45) is 0 Å². The Bertz CT molecular complexity index is 870. The molecule has 0 atom stereocenters. The summed E-state index contributed by atoms with van der Waals surface area (Å²) in [6, 6.07) is 13.5. The highest BCUT2D eigenvalue weighted by atomic mass is 16.6. The molecule has 7 nitrogen and oxygen atoms in total. The first-order valence-corrected chi connectivity index (χ1v) is 9.33. The average molecular weight is 398 g/mol. The minimum absolute atomic E-state index is 0.151. The van der Waals surface area contributed by atoms with Crippen LogP contribution in [0.4, 0.5) is 16.2 Å². The van der Waals surface area contributed by atoms with E-state index in [4.69, 9.17) is 9.47 Å². The normalized spacial score (nSPS) is 10.8. The number of hydrogen-bond acceptors (Lipinski definition) is 5. The molecule has 154 valence electrons. The van der Waals surface area contributed by atoms with Gasteiger partial charge in [0.2, 0.25) is 0 Å². The fraction of sp³-hybridized carbons (Fsp3) is 0.318. The van der Waals surface area contributed by atoms with Crippen LogP contribution in [0, 0.1) is 0 Å². The fourth-order valence-electron chi connectivity index (χ4n) is 2.46. The van der Waals surface area contributed by atoms with Gasteiger partial charge in [0.1, 0.15) is 5.60 Å². The fourth-order valence-corrected chi connectivity index (χ4v) is 2.46. The molecule has 0 unspecified atom stereocenters. The number of carbonyl (C=O) groups excluding carboxylic acids is 3. The number of hydrogen-bond donors (Lipinski definition) is 2. The molecule has 0 aromatic heterocycles. The third-order valence-electron chi connectivity index (χ3n) is 3.68. The number of nitrogens with one attached hydrogen (secondary N) is 2. The number of para-hydroxylation sites is 2. The highest BCUT2D eigenvalue weighted by Gasteiger charge is 2.18. The van der Waals surface area contributed by atoms with E-state index < -0.39 is 11.7 Å². The Labute approximate surface area is 170 Å². The average Bonchev–Trinajstić information content (AvgIpc) is 2.62. The lowest BCUT2D eigenvalue weighted by Gasteiger charge is -2.20. The Hall–Kier alpha value is -3.35. The minimum atomic E-state index is -0.631. The van der Waals surface area contributed by atoms with Crippen LogP contribution in [0.2, 0.25) is 0 Å². The van der Waals surface area contributed by atoms with E-state index >= 15 is 0 Å². The van der Waals surface area contributed by atoms with Crippen LogP contribution in [0.5, 0.6) is 0 Å². The first-order valence-electron chi connectivity index (χ1n) is 9.33. The lowest BCUT2D eigenvalue weighted by Crippen LogP contribution is -2.27. The van der Waals surface area contributed by atoms with Crippen molar-refractivity contribution in [3.05, 3.63) is 59.7 Å². The quantitative estimate of drug-likeness (QED) is 0.704. The van der Waals surface area contributed by atoms with E-state index in [1.165, 1.54) is 0 Å². The van der Waals surface area contributed by atoms with Crippen molar-refractivity contribution in [1.29, 1.82) is 0 Å². The molecule has 2 aromatic rings. The van der Waals surface area contributed by atoms with Crippen molar-refractivity contribution in [3.8, 4) is 0 Å². The molecule has 0 aliphatic heterocycles. The maximum atomic E-state index is 12.6. The summed E-state index contributed by atoms with van der Waals surface area (Å²) in [7, 11) is 0. The Morgan fingerprint density at radius 1 is 0.897 bits per heavy atom. The lowest BCUT2D eigenvalue weighted by molar-refractivity contribution is -0.142. The predicted molar refractivity (Wildman–Crippen MR) is 111 cm³/mol. The van der Waals surface area contributed by atoms with Gasteiger partial charge in [-0.2, -0.15) is 0 Å². The molecule has 0 aliphatic carbocycles. The number of esters is 1. The van der Waals surface area contributed by atoms with E-state index in [0.29, 0.717) is 23.5 Å². The van der Waals surface area contributed by atoms with Crippen molar-refractivity contribution < 1.29 is 23.9 Å². The molecule has 0 bridgehead atoms. The van der Waals surface area contributed by atoms with Gasteiger partial charge in [-0.15, -0.1) is 0 Å². The molecule has 0 radical (unpaired) electrons. The Morgan fingerprint density at radius 2 is 1.48 bits per heavy atom. The van der Waals surface area contributed by atoms with Gasteiger partial charge in [0.15, 0.2) is 0 Å². The first-order chi connectivity index (χ1) is 13.7. The smallest absolute Gasteiger partial charge is 0.412 e. The molecule has 2 amide bonds. The zero-order valence-electron chi connectivity index (χ0n) is 17.1. The molecule has 2 N–H and O–H groups in total. The monoisotopic (exact) mass is 398 g/mol. The zero-order valence-corrected chi connectivity index (χ0v) is 17.1. The summed E-state index contributed by atoms with van der Waals surface area (Å²) in [5.41, 5.74) is 1.41. The second-order valence-electron chi connectivity index (χ2n) is 7.31. The van der Waals surface area contributed by atoms with Gasteiger partial charge in [-0.05, 0) is 57.5 Å². The maximum Gasteiger partial charge on any atom is 0.412 e. The number of ether oxygens (including phenoxy) is 2. The second-order valence-corrected chi connectivity index (χ2v) is 7.31. The van der Waals surface area contributed by atoms with Gasteiger partial charge in [-0.25, -0.2) is 4.79 Å². The predicted octanol–water partition coefficient (Wildman–Crippen LogP) is 4.39. The zero-order chi connectivity index (χ0) is 21.4. The van der Waals surface area contributed by atoms with Gasteiger partial charge in [-0.1, -0.05) is 24.3 Å². The highest BCUT2D eigenvalue weighted by Crippen LogP contribution is 2.23. The molecule has 0 fully saturated rings. The molecular formula is C22H26N2O5. The molecule has 29 heavy (non-hydrogen) atoms. The summed E-state index contributed by atoms with van der Waals surface area (Å²) < 4.78 is 10.2. The van der Waals surface area contributed by atoms with Gasteiger partial charge >= 0.3 is 12.1 Å². The van der Waals surface area contributed by atoms with E-state index in [1.807, 2.05) is 0 Å². The molecule has 7 heteroatoms. The number of amides is 2. The SMILES string of the molecule is CCOC(=O)Cc1ccc(C(=O)Nc2ccccc2NC(=O)OC(C)(C)C)cc1. The van der Waals surface area contributed by atoms with Crippen molar-refractivity contribution in [3.63, 3.8) is 0 Å². The van der Waals surface area contributed by atoms with Crippen molar-refractivity contribution >= 4 is 29.3 Å². The van der Waals surface area contributed by atoms with E-state index in [-0.39, 0.29) is 18.3 Å². The molecule has 2 aromatic carbocycles. The maximum absolute atomic E-state index is 12.6. The molecule has 0 saturated heterocycles. The molecule has 0 aliphatic rings. The van der Waals surface area contributed by atoms with Crippen LogP contribution < -0.4 is 10.6 Å². The van der Waals surface area contributed by atoms with Gasteiger partial charge in [0.05, 0.1) is 24.4 Å². The largest absolute Gasteiger partial charge is 0.466 e. The summed E-state index contributed by atoms with van der Waals surface area (Å²) in [5.74, 6) is -0.655. The second kappa shape index (κ2) is 9.73. The number of anilines is 2. The van der Waals surface area contributed by atoms with Crippen molar-refractivity contribution in [1.82, 2.24) is 0 Å². The van der Waals surface area contributed by atoms with E-state index in [0.717, 1.165) is 5.56 Å². The minimum Gasteiger partial charge on any atom is -0.466 e. The molecule has 2 rings (SSSR count). The Balaban J connectivity index is 2.05. The van der Waals surface area contributed by atoms with Crippen molar-refractivity contribution in [2.45, 2.75) is 39.7 Å². The standard InChI is InChI=1S/C22H26N2O5/c1-5-28-19(25)14-15-10-12-16(13-11-15)20(26)23-17-8-6-7-9-18(17)24-21(27)29-22(2,3)4/h6-13H,5,14H2,1-4H3,(H,23,26)(H,24,27). The third-order valence-corrected chi connectivity index (χ3v) is 3.68. The lowest BCUT2D eigenvalue weighted by atomic mass is 10.1. The van der Waals surface area contributed by atoms with Crippen LogP contribution in [0.15, 0.2) is 48.5 Å². The Kier molecular flexibility index (Phi) is 7.36. The number of benzene rings is 2. The summed E-state index contributed by atoms with van der Waals surface area (Å²) in [6.07, 6.45) is -0.458. The first kappa shape index (κ1) is 21.9. The van der Waals surface area contributed by atoms with Crippen LogP contribution >= 0.6 is 0 Å². The molecule has 0 spiro atoms. The van der Waals surface area contributed by atoms with Gasteiger partial charge in [0, 0.05) is 5.56 Å². The van der Waals surface area contributed by atoms with Crippen LogP contribution in [0.1, 0.15) is 43.6 Å². The van der Waals surface area contributed by atoms with Crippen LogP contribution in [0.25, 0.3) is 0 Å². The highest BCUT2D eigenvalue weighted by molar-refractivity contribution is 6.06. The molecule has 0 saturated carbocycles. The van der Waals surface area contributed by atoms with Crippen LogP contribution in [-0.4, -0.2) is 30.2 Å². The summed E-state index contributed by atoms with van der Waals surface area (Å²) in [4.78, 5) is 36.1. The van der Waals surface area contributed by atoms with E-state index in [1.54, 1.807) is 76.2 Å². The van der Waals surface area contributed by atoms with Gasteiger partial charge in [-0.3, -0.25) is 14.9 Å².